The molecule has 3 atom stereocenters. The molecule has 7 heteroatoms. The molecule has 152 valence electrons. The van der Waals surface area contributed by atoms with Crippen LogP contribution in [-0.2, 0) is 17.4 Å². The summed E-state index contributed by atoms with van der Waals surface area (Å²) in [6, 6.07) is 14.9. The molecule has 1 aliphatic heterocycles. The van der Waals surface area contributed by atoms with Gasteiger partial charge in [0.2, 0.25) is 5.91 Å². The first kappa shape index (κ1) is 22.2. The van der Waals surface area contributed by atoms with Crippen LogP contribution in [-0.4, -0.2) is 29.9 Å². The van der Waals surface area contributed by atoms with E-state index in [0.717, 1.165) is 17.7 Å². The summed E-state index contributed by atoms with van der Waals surface area (Å²) >= 11 is 0. The molecule has 0 saturated carbocycles. The molecule has 2 aromatic carbocycles. The number of likely N-dealkylation sites (tertiary alicyclic amines) is 1. The normalized spacial score (nSPS) is 20.5. The Labute approximate surface area is 169 Å². The zero-order valence-corrected chi connectivity index (χ0v) is 16.3. The Kier molecular flexibility index (Phi) is 7.12. The van der Waals surface area contributed by atoms with Crippen LogP contribution in [0.3, 0.4) is 0 Å². The number of rotatable bonds is 4. The molecular formula is C21H24ClF3N2O. The van der Waals surface area contributed by atoms with Crippen LogP contribution < -0.4 is 5.73 Å². The smallest absolute Gasteiger partial charge is 0.340 e. The lowest BCUT2D eigenvalue weighted by Crippen LogP contribution is -2.36. The van der Waals surface area contributed by atoms with Gasteiger partial charge in [0.1, 0.15) is 0 Å². The van der Waals surface area contributed by atoms with Crippen LogP contribution >= 0.6 is 12.4 Å². The molecule has 1 heterocycles. The molecule has 0 radical (unpaired) electrons. The van der Waals surface area contributed by atoms with Crippen LogP contribution in [0.5, 0.6) is 0 Å². The molecular weight excluding hydrogens is 389 g/mol. The molecule has 0 aromatic heterocycles. The average Bonchev–Trinajstić information content (AvgIpc) is 3.03. The molecule has 1 amide bonds. The van der Waals surface area contributed by atoms with Crippen molar-refractivity contribution in [2.75, 3.05) is 13.1 Å². The first-order valence-electron chi connectivity index (χ1n) is 9.01. The molecule has 1 fully saturated rings. The number of carbonyl (C=O) groups excluding carboxylic acids is 1. The van der Waals surface area contributed by atoms with Crippen molar-refractivity contribution >= 4 is 18.3 Å². The second-order valence-electron chi connectivity index (χ2n) is 7.23. The molecule has 3 nitrogen and oxygen atoms in total. The molecule has 2 N–H and O–H groups in total. The van der Waals surface area contributed by atoms with Crippen molar-refractivity contribution in [1.29, 1.82) is 0 Å². The second kappa shape index (κ2) is 8.97. The lowest BCUT2D eigenvalue weighted by molar-refractivity contribution is -0.137. The van der Waals surface area contributed by atoms with Gasteiger partial charge in [0.15, 0.2) is 0 Å². The van der Waals surface area contributed by atoms with E-state index in [1.807, 2.05) is 30.3 Å². The number of nitrogens with two attached hydrogens (primary N) is 1. The van der Waals surface area contributed by atoms with Gasteiger partial charge >= 0.3 is 6.18 Å². The number of halogens is 4. The van der Waals surface area contributed by atoms with E-state index in [4.69, 9.17) is 5.73 Å². The summed E-state index contributed by atoms with van der Waals surface area (Å²) in [5, 5.41) is 0. The summed E-state index contributed by atoms with van der Waals surface area (Å²) in [7, 11) is 0. The number of hydrogen-bond acceptors (Lipinski definition) is 2. The Hall–Kier alpha value is -2.05. The Bertz CT molecular complexity index is 798. The Morgan fingerprint density at radius 2 is 1.82 bits per heavy atom. The van der Waals surface area contributed by atoms with Crippen LogP contribution in [0.15, 0.2) is 54.6 Å². The molecule has 1 saturated heterocycles. The number of nitrogens with zero attached hydrogens (tertiary/aromatic N) is 1. The van der Waals surface area contributed by atoms with Crippen molar-refractivity contribution in [3.05, 3.63) is 71.3 Å². The van der Waals surface area contributed by atoms with Crippen LogP contribution in [0.25, 0.3) is 0 Å². The average molecular weight is 413 g/mol. The van der Waals surface area contributed by atoms with Gasteiger partial charge in [0.25, 0.3) is 0 Å². The Balaban J connectivity index is 0.00000280. The Morgan fingerprint density at radius 3 is 2.46 bits per heavy atom. The monoisotopic (exact) mass is 412 g/mol. The van der Waals surface area contributed by atoms with E-state index in [-0.39, 0.29) is 36.7 Å². The first-order valence-corrected chi connectivity index (χ1v) is 9.01. The van der Waals surface area contributed by atoms with Crippen LogP contribution in [0.1, 0.15) is 29.5 Å². The van der Waals surface area contributed by atoms with Crippen molar-refractivity contribution in [2.45, 2.75) is 31.5 Å². The zero-order chi connectivity index (χ0) is 19.6. The lowest BCUT2D eigenvalue weighted by Gasteiger charge is -2.21. The highest BCUT2D eigenvalue weighted by molar-refractivity contribution is 5.85. The quantitative estimate of drug-likeness (QED) is 0.815. The third kappa shape index (κ3) is 5.06. The number of alkyl halides is 3. The minimum atomic E-state index is -4.38. The minimum absolute atomic E-state index is 0. The highest BCUT2D eigenvalue weighted by Gasteiger charge is 2.35. The van der Waals surface area contributed by atoms with Gasteiger partial charge in [-0.3, -0.25) is 4.79 Å². The highest BCUT2D eigenvalue weighted by atomic mass is 35.5. The summed E-state index contributed by atoms with van der Waals surface area (Å²) in [5.41, 5.74) is 7.16. The molecule has 28 heavy (non-hydrogen) atoms. The highest BCUT2D eigenvalue weighted by Crippen LogP contribution is 2.31. The van der Waals surface area contributed by atoms with Gasteiger partial charge in [0.05, 0.1) is 5.56 Å². The number of hydrogen-bond donors (Lipinski definition) is 1. The fourth-order valence-corrected chi connectivity index (χ4v) is 3.69. The minimum Gasteiger partial charge on any atom is -0.340 e. The zero-order valence-electron chi connectivity index (χ0n) is 15.5. The summed E-state index contributed by atoms with van der Waals surface area (Å²) < 4.78 is 38.6. The van der Waals surface area contributed by atoms with Crippen LogP contribution in [0, 0.1) is 5.92 Å². The van der Waals surface area contributed by atoms with Gasteiger partial charge in [-0.15, -0.1) is 12.4 Å². The van der Waals surface area contributed by atoms with E-state index in [1.54, 1.807) is 17.9 Å². The van der Waals surface area contributed by atoms with Crippen molar-refractivity contribution in [2.24, 2.45) is 11.7 Å². The third-order valence-corrected chi connectivity index (χ3v) is 5.12. The predicted octanol–water partition coefficient (Wildman–Crippen LogP) is 4.26. The van der Waals surface area contributed by atoms with Gasteiger partial charge in [-0.2, -0.15) is 13.2 Å². The SMILES string of the molecule is CC(Cc1cccc(C(F)(F)F)c1)C(=O)N1C[C@@H](N)[C@H](c2ccccc2)C1.Cl. The third-order valence-electron chi connectivity index (χ3n) is 5.12. The van der Waals surface area contributed by atoms with E-state index in [9.17, 15) is 18.0 Å². The van der Waals surface area contributed by atoms with E-state index in [1.165, 1.54) is 6.07 Å². The number of carbonyl (C=O) groups is 1. The summed E-state index contributed by atoms with van der Waals surface area (Å²) in [6.45, 7) is 2.76. The van der Waals surface area contributed by atoms with Crippen LogP contribution in [0.4, 0.5) is 13.2 Å². The van der Waals surface area contributed by atoms with E-state index < -0.39 is 17.7 Å². The van der Waals surface area contributed by atoms with Crippen LogP contribution in [0.2, 0.25) is 0 Å². The second-order valence-corrected chi connectivity index (χ2v) is 7.23. The molecule has 0 bridgehead atoms. The van der Waals surface area contributed by atoms with Crippen molar-refractivity contribution in [1.82, 2.24) is 4.90 Å². The summed E-state index contributed by atoms with van der Waals surface area (Å²) in [6.07, 6.45) is -4.11. The molecule has 0 spiro atoms. The number of amides is 1. The van der Waals surface area contributed by atoms with Crippen molar-refractivity contribution < 1.29 is 18.0 Å². The van der Waals surface area contributed by atoms with E-state index in [0.29, 0.717) is 18.7 Å². The topological polar surface area (TPSA) is 46.3 Å². The summed E-state index contributed by atoms with van der Waals surface area (Å²) in [5.74, 6) is -0.396. The number of benzene rings is 2. The van der Waals surface area contributed by atoms with E-state index >= 15 is 0 Å². The fraction of sp³-hybridized carbons (Fsp3) is 0.381. The maximum Gasteiger partial charge on any atom is 0.416 e. The largest absolute Gasteiger partial charge is 0.416 e. The van der Waals surface area contributed by atoms with E-state index in [2.05, 4.69) is 0 Å². The van der Waals surface area contributed by atoms with Crippen molar-refractivity contribution in [3.63, 3.8) is 0 Å². The van der Waals surface area contributed by atoms with Crippen molar-refractivity contribution in [3.8, 4) is 0 Å². The van der Waals surface area contributed by atoms with Gasteiger partial charge in [0, 0.05) is 31.0 Å². The van der Waals surface area contributed by atoms with Gasteiger partial charge in [-0.25, -0.2) is 0 Å². The fourth-order valence-electron chi connectivity index (χ4n) is 3.69. The Morgan fingerprint density at radius 1 is 1.14 bits per heavy atom. The first-order chi connectivity index (χ1) is 12.8. The van der Waals surface area contributed by atoms with Gasteiger partial charge < -0.3 is 10.6 Å². The maximum atomic E-state index is 12.9. The predicted molar refractivity (Wildman–Crippen MR) is 105 cm³/mol. The lowest BCUT2D eigenvalue weighted by atomic mass is 9.95. The van der Waals surface area contributed by atoms with Gasteiger partial charge in [-0.1, -0.05) is 55.5 Å². The molecule has 3 rings (SSSR count). The molecule has 0 aliphatic carbocycles. The summed E-state index contributed by atoms with van der Waals surface area (Å²) in [4.78, 5) is 14.5. The van der Waals surface area contributed by atoms with Gasteiger partial charge in [-0.05, 0) is 23.6 Å². The maximum absolute atomic E-state index is 12.9. The molecule has 1 unspecified atom stereocenters. The molecule has 2 aromatic rings. The molecule has 1 aliphatic rings. The standard InChI is InChI=1S/C21H23F3N2O.ClH/c1-14(10-15-6-5-9-17(11-15)21(22,23)24)20(27)26-12-18(19(25)13-26)16-7-3-2-4-8-16;/h2-9,11,14,18-19H,10,12-13,25H2,1H3;1H/t14?,18-,19+;/m0./s1.